The summed E-state index contributed by atoms with van der Waals surface area (Å²) in [5.74, 6) is -0.101. The van der Waals surface area contributed by atoms with Gasteiger partial charge in [-0.1, -0.05) is 39.0 Å². The smallest absolute Gasteiger partial charge is 0.262 e. The molecule has 0 radical (unpaired) electrons. The van der Waals surface area contributed by atoms with Gasteiger partial charge < -0.3 is 5.32 Å². The first-order valence-electron chi connectivity index (χ1n) is 7.59. The zero-order valence-electron chi connectivity index (χ0n) is 14.3. The van der Waals surface area contributed by atoms with E-state index in [1.165, 1.54) is 0 Å². The van der Waals surface area contributed by atoms with E-state index in [1.54, 1.807) is 55.5 Å². The second kappa shape index (κ2) is 6.65. The summed E-state index contributed by atoms with van der Waals surface area (Å²) in [6.07, 6.45) is 0. The Labute approximate surface area is 143 Å². The number of nitrogens with one attached hydrogen (secondary N) is 2. The van der Waals surface area contributed by atoms with Crippen LogP contribution in [0.4, 0.5) is 11.4 Å². The molecule has 0 aliphatic heterocycles. The largest absolute Gasteiger partial charge is 0.326 e. The van der Waals surface area contributed by atoms with Gasteiger partial charge in [0, 0.05) is 16.8 Å². The lowest BCUT2D eigenvalue weighted by molar-refractivity contribution is -0.123. The molecule has 6 heteroatoms. The maximum atomic E-state index is 12.4. The van der Waals surface area contributed by atoms with Crippen molar-refractivity contribution in [1.82, 2.24) is 0 Å². The highest BCUT2D eigenvalue weighted by Gasteiger charge is 2.21. The molecule has 0 aromatic heterocycles. The van der Waals surface area contributed by atoms with Crippen molar-refractivity contribution in [2.45, 2.75) is 32.6 Å². The Hall–Kier alpha value is -2.34. The molecule has 0 heterocycles. The number of hydrogen-bond donors (Lipinski definition) is 2. The molecule has 0 unspecified atom stereocenters. The van der Waals surface area contributed by atoms with Crippen LogP contribution in [-0.4, -0.2) is 14.3 Å². The predicted octanol–water partition coefficient (Wildman–Crippen LogP) is 3.78. The SMILES string of the molecule is Cc1ccccc1S(=O)(=O)Nc1ccc(NC(=O)C(C)(C)C)cc1. The Morgan fingerprint density at radius 2 is 1.46 bits per heavy atom. The van der Waals surface area contributed by atoms with Crippen LogP contribution >= 0.6 is 0 Å². The number of anilines is 2. The van der Waals surface area contributed by atoms with E-state index in [-0.39, 0.29) is 10.8 Å². The van der Waals surface area contributed by atoms with Crippen molar-refractivity contribution in [3.8, 4) is 0 Å². The van der Waals surface area contributed by atoms with Crippen molar-refractivity contribution in [1.29, 1.82) is 0 Å². The fourth-order valence-electron chi connectivity index (χ4n) is 2.01. The molecule has 0 atom stereocenters. The minimum absolute atomic E-state index is 0.101. The molecule has 0 fully saturated rings. The van der Waals surface area contributed by atoms with Crippen molar-refractivity contribution in [2.24, 2.45) is 5.41 Å². The molecule has 5 nitrogen and oxygen atoms in total. The molecule has 2 N–H and O–H groups in total. The van der Waals surface area contributed by atoms with Gasteiger partial charge in [-0.3, -0.25) is 9.52 Å². The van der Waals surface area contributed by atoms with E-state index < -0.39 is 15.4 Å². The molecule has 0 aliphatic carbocycles. The first-order chi connectivity index (χ1) is 11.1. The summed E-state index contributed by atoms with van der Waals surface area (Å²) >= 11 is 0. The second-order valence-electron chi connectivity index (χ2n) is 6.65. The Morgan fingerprint density at radius 1 is 0.917 bits per heavy atom. The molecule has 2 rings (SSSR count). The predicted molar refractivity (Wildman–Crippen MR) is 96.5 cm³/mol. The maximum absolute atomic E-state index is 12.4. The highest BCUT2D eigenvalue weighted by atomic mass is 32.2. The van der Waals surface area contributed by atoms with Crippen molar-refractivity contribution >= 4 is 27.3 Å². The standard InChI is InChI=1S/C18H22N2O3S/c1-13-7-5-6-8-16(13)24(22,23)20-15-11-9-14(10-12-15)19-17(21)18(2,3)4/h5-12,20H,1-4H3,(H,19,21). The van der Waals surface area contributed by atoms with Gasteiger partial charge in [-0.2, -0.15) is 0 Å². The number of aryl methyl sites for hydroxylation is 1. The lowest BCUT2D eigenvalue weighted by atomic mass is 9.95. The van der Waals surface area contributed by atoms with E-state index in [0.717, 1.165) is 0 Å². The number of amides is 1. The summed E-state index contributed by atoms with van der Waals surface area (Å²) in [5, 5.41) is 2.80. The van der Waals surface area contributed by atoms with Crippen LogP contribution in [0.2, 0.25) is 0 Å². The first kappa shape index (κ1) is 18.0. The van der Waals surface area contributed by atoms with Crippen LogP contribution in [0, 0.1) is 12.3 Å². The number of carbonyl (C=O) groups is 1. The molecule has 0 bridgehead atoms. The monoisotopic (exact) mass is 346 g/mol. The lowest BCUT2D eigenvalue weighted by Gasteiger charge is -2.18. The summed E-state index contributed by atoms with van der Waals surface area (Å²) in [7, 11) is -3.64. The van der Waals surface area contributed by atoms with Crippen molar-refractivity contribution in [3.05, 3.63) is 54.1 Å². The van der Waals surface area contributed by atoms with Crippen LogP contribution < -0.4 is 10.0 Å². The minimum Gasteiger partial charge on any atom is -0.326 e. The van der Waals surface area contributed by atoms with E-state index in [4.69, 9.17) is 0 Å². The molecule has 2 aromatic carbocycles. The van der Waals surface area contributed by atoms with Gasteiger partial charge in [0.2, 0.25) is 5.91 Å². The summed E-state index contributed by atoms with van der Waals surface area (Å²) in [6.45, 7) is 7.23. The first-order valence-corrected chi connectivity index (χ1v) is 9.08. The molecule has 24 heavy (non-hydrogen) atoms. The fourth-order valence-corrected chi connectivity index (χ4v) is 3.31. The Bertz CT molecular complexity index is 835. The number of sulfonamides is 1. The van der Waals surface area contributed by atoms with Crippen LogP contribution in [0.25, 0.3) is 0 Å². The Kier molecular flexibility index (Phi) is 4.99. The molecule has 128 valence electrons. The van der Waals surface area contributed by atoms with E-state index in [9.17, 15) is 13.2 Å². The molecule has 0 saturated heterocycles. The van der Waals surface area contributed by atoms with Gasteiger partial charge in [-0.25, -0.2) is 8.42 Å². The van der Waals surface area contributed by atoms with E-state index >= 15 is 0 Å². The van der Waals surface area contributed by atoms with Gasteiger partial charge in [0.1, 0.15) is 0 Å². The van der Waals surface area contributed by atoms with Gasteiger partial charge >= 0.3 is 0 Å². The Morgan fingerprint density at radius 3 is 2.00 bits per heavy atom. The van der Waals surface area contributed by atoms with Crippen LogP contribution in [0.5, 0.6) is 0 Å². The number of carbonyl (C=O) groups excluding carboxylic acids is 1. The summed E-state index contributed by atoms with van der Waals surface area (Å²) in [5.41, 5.74) is 1.24. The molecule has 0 saturated carbocycles. The lowest BCUT2D eigenvalue weighted by Crippen LogP contribution is -2.27. The molecular weight excluding hydrogens is 324 g/mol. The van der Waals surface area contributed by atoms with Gasteiger partial charge in [0.25, 0.3) is 10.0 Å². The average Bonchev–Trinajstić information content (AvgIpc) is 2.48. The Balaban J connectivity index is 2.15. The minimum atomic E-state index is -3.64. The number of benzene rings is 2. The third-order valence-electron chi connectivity index (χ3n) is 3.46. The van der Waals surface area contributed by atoms with E-state index in [1.807, 2.05) is 20.8 Å². The van der Waals surface area contributed by atoms with Crippen LogP contribution in [0.15, 0.2) is 53.4 Å². The van der Waals surface area contributed by atoms with Crippen molar-refractivity contribution in [3.63, 3.8) is 0 Å². The molecule has 0 aliphatic rings. The van der Waals surface area contributed by atoms with E-state index in [0.29, 0.717) is 16.9 Å². The molecule has 2 aromatic rings. The van der Waals surface area contributed by atoms with Gasteiger partial charge in [-0.05, 0) is 42.8 Å². The quantitative estimate of drug-likeness (QED) is 0.884. The van der Waals surface area contributed by atoms with Gasteiger partial charge in [-0.15, -0.1) is 0 Å². The molecule has 1 amide bonds. The zero-order valence-corrected chi connectivity index (χ0v) is 15.1. The van der Waals surface area contributed by atoms with Gasteiger partial charge in [0.15, 0.2) is 0 Å². The molecular formula is C18H22N2O3S. The number of hydrogen-bond acceptors (Lipinski definition) is 3. The van der Waals surface area contributed by atoms with Crippen LogP contribution in [0.3, 0.4) is 0 Å². The summed E-state index contributed by atoms with van der Waals surface area (Å²) < 4.78 is 27.4. The zero-order chi connectivity index (χ0) is 18.0. The van der Waals surface area contributed by atoms with Gasteiger partial charge in [0.05, 0.1) is 4.90 Å². The normalized spacial score (nSPS) is 11.8. The highest BCUT2D eigenvalue weighted by molar-refractivity contribution is 7.92. The van der Waals surface area contributed by atoms with Crippen LogP contribution in [-0.2, 0) is 14.8 Å². The second-order valence-corrected chi connectivity index (χ2v) is 8.30. The average molecular weight is 346 g/mol. The fraction of sp³-hybridized carbons (Fsp3) is 0.278. The third-order valence-corrected chi connectivity index (χ3v) is 5.00. The van der Waals surface area contributed by atoms with Crippen molar-refractivity contribution < 1.29 is 13.2 Å². The summed E-state index contributed by atoms with van der Waals surface area (Å²) in [4.78, 5) is 12.2. The topological polar surface area (TPSA) is 75.3 Å². The van der Waals surface area contributed by atoms with Crippen LogP contribution in [0.1, 0.15) is 26.3 Å². The third kappa shape index (κ3) is 4.35. The molecule has 0 spiro atoms. The summed E-state index contributed by atoms with van der Waals surface area (Å²) in [6, 6.07) is 13.4. The van der Waals surface area contributed by atoms with E-state index in [2.05, 4.69) is 10.0 Å². The van der Waals surface area contributed by atoms with Crippen molar-refractivity contribution in [2.75, 3.05) is 10.0 Å². The maximum Gasteiger partial charge on any atom is 0.262 e. The number of rotatable bonds is 4. The highest BCUT2D eigenvalue weighted by Crippen LogP contribution is 2.22.